The summed E-state index contributed by atoms with van der Waals surface area (Å²) < 4.78 is 27.4. The van der Waals surface area contributed by atoms with Crippen molar-refractivity contribution in [2.75, 3.05) is 0 Å². The summed E-state index contributed by atoms with van der Waals surface area (Å²) in [5.41, 5.74) is 5.91. The van der Waals surface area contributed by atoms with Crippen molar-refractivity contribution in [3.05, 3.63) is 53.5 Å². The van der Waals surface area contributed by atoms with Gasteiger partial charge in [-0.25, -0.2) is 23.7 Å². The molecule has 0 spiro atoms. The van der Waals surface area contributed by atoms with Gasteiger partial charge in [-0.05, 0) is 25.8 Å². The Morgan fingerprint density at radius 3 is 2.73 bits per heavy atom. The van der Waals surface area contributed by atoms with Crippen molar-refractivity contribution in [1.29, 1.82) is 0 Å². The van der Waals surface area contributed by atoms with E-state index < -0.39 is 23.3 Å². The van der Waals surface area contributed by atoms with Crippen molar-refractivity contribution >= 4 is 5.96 Å². The van der Waals surface area contributed by atoms with Crippen LogP contribution in [0.2, 0.25) is 0 Å². The van der Waals surface area contributed by atoms with Crippen molar-refractivity contribution in [2.45, 2.75) is 37.4 Å². The third-order valence-corrected chi connectivity index (χ3v) is 4.38. The minimum Gasteiger partial charge on any atom is -0.330 e. The first-order valence-corrected chi connectivity index (χ1v) is 8.26. The van der Waals surface area contributed by atoms with E-state index in [1.807, 2.05) is 0 Å². The Labute approximate surface area is 148 Å². The molecule has 2 aromatic rings. The van der Waals surface area contributed by atoms with Gasteiger partial charge in [0.2, 0.25) is 0 Å². The molecule has 0 amide bonds. The van der Waals surface area contributed by atoms with Crippen LogP contribution in [0, 0.1) is 5.82 Å². The lowest BCUT2D eigenvalue weighted by molar-refractivity contribution is 0.356. The van der Waals surface area contributed by atoms with Crippen molar-refractivity contribution in [1.82, 2.24) is 30.8 Å². The van der Waals surface area contributed by atoms with Gasteiger partial charge in [-0.15, -0.1) is 0 Å². The van der Waals surface area contributed by atoms with Gasteiger partial charge in [-0.1, -0.05) is 0 Å². The van der Waals surface area contributed by atoms with Gasteiger partial charge in [0.15, 0.2) is 29.1 Å². The number of hydrogen-bond acceptors (Lipinski definition) is 5. The fourth-order valence-corrected chi connectivity index (χ4v) is 2.72. The van der Waals surface area contributed by atoms with Gasteiger partial charge < -0.3 is 10.6 Å². The van der Waals surface area contributed by atoms with Crippen LogP contribution >= 0.6 is 0 Å². The molecule has 0 aromatic carbocycles. The highest BCUT2D eigenvalue weighted by Crippen LogP contribution is 2.40. The zero-order valence-electron chi connectivity index (χ0n) is 14.0. The molecule has 3 heterocycles. The molecule has 136 valence electrons. The normalized spacial score (nSPS) is 25.4. The zero-order chi connectivity index (χ0) is 18.3. The van der Waals surface area contributed by atoms with E-state index in [0.29, 0.717) is 17.4 Å². The van der Waals surface area contributed by atoms with Gasteiger partial charge in [0.25, 0.3) is 0 Å². The average molecular weight is 360 g/mol. The Hall–Kier alpha value is -2.88. The molecule has 5 N–H and O–H groups in total. The summed E-state index contributed by atoms with van der Waals surface area (Å²) in [6.45, 7) is 1.73. The molecule has 0 radical (unpaired) electrons. The van der Waals surface area contributed by atoms with Gasteiger partial charge in [0.05, 0.1) is 12.4 Å². The monoisotopic (exact) mass is 360 g/mol. The van der Waals surface area contributed by atoms with Gasteiger partial charge in [0.1, 0.15) is 11.7 Å². The molecule has 4 rings (SSSR count). The summed E-state index contributed by atoms with van der Waals surface area (Å²) in [4.78, 5) is 12.2. The van der Waals surface area contributed by atoms with E-state index in [1.165, 1.54) is 0 Å². The predicted molar refractivity (Wildman–Crippen MR) is 89.7 cm³/mol. The maximum absolute atomic E-state index is 14.5. The highest BCUT2D eigenvalue weighted by molar-refractivity contribution is 5.83. The summed E-state index contributed by atoms with van der Waals surface area (Å²) in [6.07, 6.45) is 5.45. The van der Waals surface area contributed by atoms with Crippen LogP contribution < -0.4 is 16.4 Å². The number of aliphatic imine (C=N–C) groups is 1. The highest BCUT2D eigenvalue weighted by Gasteiger charge is 2.40. The molecular formula is C16H18F2N8. The summed E-state index contributed by atoms with van der Waals surface area (Å²) in [6, 6.07) is 1.28. The van der Waals surface area contributed by atoms with Gasteiger partial charge in [-0.3, -0.25) is 10.8 Å². The second-order valence-corrected chi connectivity index (χ2v) is 6.47. The standard InChI is InChI=1S/C16H18F2N8/c1-8(14-20-5-10(17)6-21-14)23-15-22-7-12(18)16(19,24-15)13-4-11(25-26-13)9-2-3-9/h4-9H,2-3,19H2,1H3,(H,25,26)(H2,22,23,24)/t8-,16?/m0/s1. The van der Waals surface area contributed by atoms with E-state index in [0.717, 1.165) is 37.1 Å². The van der Waals surface area contributed by atoms with Crippen LogP contribution in [0.1, 0.15) is 48.9 Å². The Balaban J connectivity index is 1.58. The van der Waals surface area contributed by atoms with Crippen molar-refractivity contribution in [3.63, 3.8) is 0 Å². The second kappa shape index (κ2) is 6.13. The highest BCUT2D eigenvalue weighted by atomic mass is 19.1. The van der Waals surface area contributed by atoms with Gasteiger partial charge in [-0.2, -0.15) is 5.10 Å². The number of aromatic nitrogens is 4. The first-order valence-electron chi connectivity index (χ1n) is 8.26. The molecule has 8 nitrogen and oxygen atoms in total. The fraction of sp³-hybridized carbons (Fsp3) is 0.375. The quantitative estimate of drug-likeness (QED) is 0.656. The van der Waals surface area contributed by atoms with Crippen LogP contribution in [0.3, 0.4) is 0 Å². The minimum atomic E-state index is -1.63. The molecule has 1 unspecified atom stereocenters. The average Bonchev–Trinajstić information content (AvgIpc) is 3.35. The molecule has 2 aromatic heterocycles. The first kappa shape index (κ1) is 16.6. The zero-order valence-corrected chi connectivity index (χ0v) is 14.0. The van der Waals surface area contributed by atoms with Crippen molar-refractivity contribution < 1.29 is 8.78 Å². The van der Waals surface area contributed by atoms with E-state index in [-0.39, 0.29) is 5.96 Å². The molecule has 0 saturated heterocycles. The number of nitrogens with one attached hydrogen (secondary N) is 3. The molecular weight excluding hydrogens is 342 g/mol. The Bertz CT molecular complexity index is 871. The Morgan fingerprint density at radius 2 is 2.04 bits per heavy atom. The lowest BCUT2D eigenvalue weighted by atomic mass is 10.0. The summed E-state index contributed by atoms with van der Waals surface area (Å²) in [7, 11) is 0. The van der Waals surface area contributed by atoms with Gasteiger partial charge in [0, 0.05) is 17.8 Å². The van der Waals surface area contributed by atoms with Crippen LogP contribution in [0.15, 0.2) is 35.5 Å². The molecule has 10 heteroatoms. The molecule has 1 fully saturated rings. The second-order valence-electron chi connectivity index (χ2n) is 6.47. The minimum absolute atomic E-state index is 0.241. The molecule has 0 bridgehead atoms. The van der Waals surface area contributed by atoms with Crippen molar-refractivity contribution in [2.24, 2.45) is 10.7 Å². The number of H-pyrrole nitrogens is 1. The molecule has 1 saturated carbocycles. The van der Waals surface area contributed by atoms with Crippen LogP contribution in [-0.4, -0.2) is 26.1 Å². The summed E-state index contributed by atoms with van der Waals surface area (Å²) in [5, 5.41) is 12.6. The topological polar surface area (TPSA) is 117 Å². The fourth-order valence-electron chi connectivity index (χ4n) is 2.72. The van der Waals surface area contributed by atoms with Crippen molar-refractivity contribution in [3.8, 4) is 0 Å². The van der Waals surface area contributed by atoms with Crippen LogP contribution in [0.5, 0.6) is 0 Å². The maximum Gasteiger partial charge on any atom is 0.198 e. The number of aromatic amines is 1. The number of guanidine groups is 1. The molecule has 2 atom stereocenters. The molecule has 2 aliphatic rings. The number of hydrogen-bond donors (Lipinski definition) is 4. The maximum atomic E-state index is 14.5. The number of nitrogens with two attached hydrogens (primary N) is 1. The first-order chi connectivity index (χ1) is 12.5. The number of rotatable bonds is 4. The molecule has 26 heavy (non-hydrogen) atoms. The summed E-state index contributed by atoms with van der Waals surface area (Å²) in [5.74, 6) is -0.131. The van der Waals surface area contributed by atoms with Crippen LogP contribution in [0.25, 0.3) is 0 Å². The molecule has 1 aliphatic heterocycles. The van der Waals surface area contributed by atoms with E-state index in [1.54, 1.807) is 13.0 Å². The summed E-state index contributed by atoms with van der Waals surface area (Å²) >= 11 is 0. The van der Waals surface area contributed by atoms with Gasteiger partial charge >= 0.3 is 0 Å². The largest absolute Gasteiger partial charge is 0.330 e. The van der Waals surface area contributed by atoms with E-state index in [4.69, 9.17) is 5.73 Å². The Kier molecular flexibility index (Phi) is 3.91. The van der Waals surface area contributed by atoms with E-state index in [9.17, 15) is 8.78 Å². The van der Waals surface area contributed by atoms with Crippen LogP contribution in [0.4, 0.5) is 8.78 Å². The third-order valence-electron chi connectivity index (χ3n) is 4.38. The third kappa shape index (κ3) is 3.03. The van der Waals surface area contributed by atoms with E-state index >= 15 is 0 Å². The Morgan fingerprint density at radius 1 is 1.31 bits per heavy atom. The molecule has 1 aliphatic carbocycles. The number of nitrogens with zero attached hydrogens (tertiary/aromatic N) is 4. The smallest absolute Gasteiger partial charge is 0.198 e. The lowest BCUT2D eigenvalue weighted by Gasteiger charge is -2.32. The number of halogens is 2. The van der Waals surface area contributed by atoms with E-state index in [2.05, 4.69) is 35.8 Å². The lowest BCUT2D eigenvalue weighted by Crippen LogP contribution is -2.59. The van der Waals surface area contributed by atoms with Crippen LogP contribution in [-0.2, 0) is 5.66 Å². The predicted octanol–water partition coefficient (Wildman–Crippen LogP) is 1.45. The SMILES string of the molecule is C[C@H](N=C1NC=C(F)C(N)(c2cc(C3CC3)[nH]n2)N1)c1ncc(F)cn1.